The van der Waals surface area contributed by atoms with Crippen molar-refractivity contribution in [2.24, 2.45) is 5.41 Å². The highest BCUT2D eigenvalue weighted by Crippen LogP contribution is 2.17. The van der Waals surface area contributed by atoms with Crippen molar-refractivity contribution in [1.29, 1.82) is 0 Å². The molecule has 0 heterocycles. The van der Waals surface area contributed by atoms with Gasteiger partial charge in [0.2, 0.25) is 15.9 Å². The molecule has 0 aliphatic heterocycles. The third-order valence-corrected chi connectivity index (χ3v) is 4.23. The van der Waals surface area contributed by atoms with Crippen molar-refractivity contribution in [2.75, 3.05) is 13.1 Å². The molecule has 0 spiro atoms. The van der Waals surface area contributed by atoms with E-state index in [2.05, 4.69) is 10.0 Å². The lowest BCUT2D eigenvalue weighted by atomic mass is 9.92. The predicted molar refractivity (Wildman–Crippen MR) is 83.7 cm³/mol. The smallest absolute Gasteiger partial charge is 0.240 e. The quantitative estimate of drug-likeness (QED) is 0.784. The zero-order valence-corrected chi connectivity index (χ0v) is 14.0. The Morgan fingerprint density at radius 2 is 1.90 bits per heavy atom. The molecule has 1 amide bonds. The Morgan fingerprint density at radius 3 is 2.48 bits per heavy atom. The first kappa shape index (κ1) is 17.9. The molecule has 0 saturated heterocycles. The van der Waals surface area contributed by atoms with Crippen molar-refractivity contribution in [1.82, 2.24) is 10.0 Å². The van der Waals surface area contributed by atoms with E-state index in [0.717, 1.165) is 0 Å². The summed E-state index contributed by atoms with van der Waals surface area (Å²) in [6.45, 7) is 6.27. The predicted octanol–water partition coefficient (Wildman–Crippen LogP) is 2.17. The average Bonchev–Trinajstić information content (AvgIpc) is 2.32. The number of nitrogens with one attached hydrogen (secondary N) is 2. The second kappa shape index (κ2) is 7.24. The molecule has 0 radical (unpaired) electrons. The number of halogens is 1. The van der Waals surface area contributed by atoms with Gasteiger partial charge in [0.25, 0.3) is 0 Å². The Morgan fingerprint density at radius 1 is 1.24 bits per heavy atom. The number of carbonyl (C=O) groups excluding carboxylic acids is 1. The summed E-state index contributed by atoms with van der Waals surface area (Å²) in [7, 11) is -3.60. The molecule has 0 saturated carbocycles. The number of benzene rings is 1. The SMILES string of the molecule is CC(C)(C)CC(=O)NCCNS(=O)(=O)c1cccc(Cl)c1. The van der Waals surface area contributed by atoms with Gasteiger partial charge in [0.15, 0.2) is 0 Å². The third-order valence-electron chi connectivity index (χ3n) is 2.54. The van der Waals surface area contributed by atoms with Gasteiger partial charge in [-0.05, 0) is 23.6 Å². The highest BCUT2D eigenvalue weighted by molar-refractivity contribution is 7.89. The Kier molecular flexibility index (Phi) is 6.19. The minimum absolute atomic E-state index is 0.0929. The van der Waals surface area contributed by atoms with Gasteiger partial charge in [-0.15, -0.1) is 0 Å². The Bertz CT molecular complexity index is 594. The number of hydrogen-bond acceptors (Lipinski definition) is 3. The molecule has 1 aromatic rings. The molecule has 5 nitrogen and oxygen atoms in total. The highest BCUT2D eigenvalue weighted by atomic mass is 35.5. The lowest BCUT2D eigenvalue weighted by molar-refractivity contribution is -0.122. The first-order valence-electron chi connectivity index (χ1n) is 6.62. The van der Waals surface area contributed by atoms with Crippen LogP contribution in [-0.2, 0) is 14.8 Å². The summed E-state index contributed by atoms with van der Waals surface area (Å²) < 4.78 is 26.4. The Labute approximate surface area is 131 Å². The molecule has 0 bridgehead atoms. The lowest BCUT2D eigenvalue weighted by Crippen LogP contribution is -2.35. The van der Waals surface area contributed by atoms with Crippen LogP contribution >= 0.6 is 11.6 Å². The third kappa shape index (κ3) is 6.93. The maximum Gasteiger partial charge on any atom is 0.240 e. The number of hydrogen-bond donors (Lipinski definition) is 2. The molecule has 2 N–H and O–H groups in total. The highest BCUT2D eigenvalue weighted by Gasteiger charge is 2.16. The molecular formula is C14H21ClN2O3S. The summed E-state index contributed by atoms with van der Waals surface area (Å²) in [6, 6.07) is 6.02. The van der Waals surface area contributed by atoms with Crippen LogP contribution < -0.4 is 10.0 Å². The molecular weight excluding hydrogens is 312 g/mol. The summed E-state index contributed by atoms with van der Waals surface area (Å²) in [5.41, 5.74) is -0.0929. The fourth-order valence-corrected chi connectivity index (χ4v) is 2.98. The number of carbonyl (C=O) groups is 1. The van der Waals surface area contributed by atoms with Crippen molar-refractivity contribution in [3.8, 4) is 0 Å². The molecule has 0 aromatic heterocycles. The van der Waals surface area contributed by atoms with Crippen LogP contribution in [-0.4, -0.2) is 27.4 Å². The fourth-order valence-electron chi connectivity index (χ4n) is 1.65. The number of sulfonamides is 1. The van der Waals surface area contributed by atoms with E-state index < -0.39 is 10.0 Å². The van der Waals surface area contributed by atoms with Crippen LogP contribution in [0.2, 0.25) is 5.02 Å². The van der Waals surface area contributed by atoms with E-state index >= 15 is 0 Å². The first-order valence-corrected chi connectivity index (χ1v) is 8.48. The largest absolute Gasteiger partial charge is 0.355 e. The van der Waals surface area contributed by atoms with Gasteiger partial charge in [-0.2, -0.15) is 0 Å². The van der Waals surface area contributed by atoms with Crippen LogP contribution in [0.4, 0.5) is 0 Å². The summed E-state index contributed by atoms with van der Waals surface area (Å²) in [5, 5.41) is 3.04. The fraction of sp³-hybridized carbons (Fsp3) is 0.500. The van der Waals surface area contributed by atoms with Crippen molar-refractivity contribution in [3.63, 3.8) is 0 Å². The Balaban J connectivity index is 2.44. The second-order valence-electron chi connectivity index (χ2n) is 5.94. The van der Waals surface area contributed by atoms with Crippen LogP contribution in [0, 0.1) is 5.41 Å². The van der Waals surface area contributed by atoms with E-state index in [1.807, 2.05) is 20.8 Å². The molecule has 21 heavy (non-hydrogen) atoms. The van der Waals surface area contributed by atoms with E-state index in [9.17, 15) is 13.2 Å². The maximum atomic E-state index is 12.0. The average molecular weight is 333 g/mol. The van der Waals surface area contributed by atoms with Gasteiger partial charge < -0.3 is 5.32 Å². The zero-order chi connectivity index (χ0) is 16.1. The standard InChI is InChI=1S/C14H21ClN2O3S/c1-14(2,3)10-13(18)16-7-8-17-21(19,20)12-6-4-5-11(15)9-12/h4-6,9,17H,7-8,10H2,1-3H3,(H,16,18). The molecule has 118 valence electrons. The van der Waals surface area contributed by atoms with Gasteiger partial charge in [-0.25, -0.2) is 13.1 Å². The summed E-state index contributed by atoms with van der Waals surface area (Å²) >= 11 is 5.77. The molecule has 0 atom stereocenters. The topological polar surface area (TPSA) is 75.3 Å². The van der Waals surface area contributed by atoms with Crippen molar-refractivity contribution < 1.29 is 13.2 Å². The van der Waals surface area contributed by atoms with Gasteiger partial charge in [-0.3, -0.25) is 4.79 Å². The van der Waals surface area contributed by atoms with Crippen LogP contribution in [0.1, 0.15) is 27.2 Å². The van der Waals surface area contributed by atoms with Gasteiger partial charge >= 0.3 is 0 Å². The van der Waals surface area contributed by atoms with Gasteiger partial charge in [0.1, 0.15) is 0 Å². The number of rotatable bonds is 6. The van der Waals surface area contributed by atoms with E-state index in [4.69, 9.17) is 11.6 Å². The van der Waals surface area contributed by atoms with Crippen LogP contribution in [0.3, 0.4) is 0 Å². The first-order chi connectivity index (χ1) is 9.60. The maximum absolute atomic E-state index is 12.0. The molecule has 0 aliphatic carbocycles. The second-order valence-corrected chi connectivity index (χ2v) is 8.15. The van der Waals surface area contributed by atoms with E-state index in [0.29, 0.717) is 11.4 Å². The van der Waals surface area contributed by atoms with Gasteiger partial charge in [0.05, 0.1) is 4.90 Å². The summed E-state index contributed by atoms with van der Waals surface area (Å²) in [5.74, 6) is -0.0931. The van der Waals surface area contributed by atoms with Gasteiger partial charge in [-0.1, -0.05) is 38.4 Å². The van der Waals surface area contributed by atoms with Crippen molar-refractivity contribution >= 4 is 27.5 Å². The van der Waals surface area contributed by atoms with E-state index in [-0.39, 0.29) is 29.3 Å². The minimum Gasteiger partial charge on any atom is -0.355 e. The van der Waals surface area contributed by atoms with Crippen LogP contribution in [0.15, 0.2) is 29.2 Å². The van der Waals surface area contributed by atoms with Crippen LogP contribution in [0.25, 0.3) is 0 Å². The molecule has 0 aliphatic rings. The summed E-state index contributed by atoms with van der Waals surface area (Å²) in [4.78, 5) is 11.7. The Hall–Kier alpha value is -1.11. The minimum atomic E-state index is -3.60. The molecule has 0 unspecified atom stereocenters. The van der Waals surface area contributed by atoms with Gasteiger partial charge in [0, 0.05) is 24.5 Å². The monoisotopic (exact) mass is 332 g/mol. The lowest BCUT2D eigenvalue weighted by Gasteiger charge is -2.17. The summed E-state index contributed by atoms with van der Waals surface area (Å²) in [6.07, 6.45) is 0.397. The zero-order valence-electron chi connectivity index (χ0n) is 12.4. The van der Waals surface area contributed by atoms with Crippen molar-refractivity contribution in [3.05, 3.63) is 29.3 Å². The van der Waals surface area contributed by atoms with E-state index in [1.165, 1.54) is 12.1 Å². The molecule has 1 aromatic carbocycles. The molecule has 0 fully saturated rings. The normalized spacial score (nSPS) is 12.2. The molecule has 1 rings (SSSR count). The number of amides is 1. The van der Waals surface area contributed by atoms with E-state index in [1.54, 1.807) is 12.1 Å². The van der Waals surface area contributed by atoms with Crippen molar-refractivity contribution in [2.45, 2.75) is 32.1 Å². The molecule has 7 heteroatoms. The van der Waals surface area contributed by atoms with Crippen LogP contribution in [0.5, 0.6) is 0 Å².